The molecule has 2 saturated heterocycles. The maximum absolute atomic E-state index is 12.7. The molecule has 0 unspecified atom stereocenters. The molecule has 1 N–H and O–H groups in total. The number of nitrogens with zero attached hydrogens (tertiary/aromatic N) is 2. The first-order valence-corrected chi connectivity index (χ1v) is 13.9. The third-order valence-corrected chi connectivity index (χ3v) is 8.45. The number of carbonyl (C=O) groups is 1. The fourth-order valence-electron chi connectivity index (χ4n) is 5.97. The largest absolute Gasteiger partial charge is 0.361 e. The average Bonchev–Trinajstić information content (AvgIpc) is 3.35. The van der Waals surface area contributed by atoms with Crippen molar-refractivity contribution in [1.82, 2.24) is 14.8 Å². The van der Waals surface area contributed by atoms with Gasteiger partial charge in [-0.1, -0.05) is 56.3 Å². The van der Waals surface area contributed by atoms with E-state index in [9.17, 15) is 4.79 Å². The van der Waals surface area contributed by atoms with Crippen LogP contribution in [0.1, 0.15) is 74.5 Å². The zero-order valence-corrected chi connectivity index (χ0v) is 22.0. The summed E-state index contributed by atoms with van der Waals surface area (Å²) in [7, 11) is 0. The van der Waals surface area contributed by atoms with Crippen molar-refractivity contribution in [3.05, 3.63) is 77.5 Å². The second-order valence-electron chi connectivity index (χ2n) is 11.1. The number of rotatable bonds is 7. The van der Waals surface area contributed by atoms with Crippen molar-refractivity contribution in [2.75, 3.05) is 32.7 Å². The van der Waals surface area contributed by atoms with Gasteiger partial charge in [-0.05, 0) is 98.3 Å². The van der Waals surface area contributed by atoms with Crippen molar-refractivity contribution in [3.8, 4) is 0 Å². The zero-order valence-electron chi connectivity index (χ0n) is 22.0. The van der Waals surface area contributed by atoms with E-state index in [0.717, 1.165) is 37.4 Å². The molecule has 190 valence electrons. The van der Waals surface area contributed by atoms with E-state index in [1.165, 1.54) is 60.9 Å². The van der Waals surface area contributed by atoms with Gasteiger partial charge >= 0.3 is 0 Å². The lowest BCUT2D eigenvalue weighted by atomic mass is 9.88. The number of H-pyrrole nitrogens is 1. The molecule has 3 heterocycles. The smallest absolute Gasteiger partial charge is 0.246 e. The number of piperidine rings is 2. The maximum Gasteiger partial charge on any atom is 0.246 e. The Morgan fingerprint density at radius 2 is 1.69 bits per heavy atom. The van der Waals surface area contributed by atoms with Gasteiger partial charge in [0.1, 0.15) is 0 Å². The molecule has 4 heteroatoms. The first kappa shape index (κ1) is 24.8. The number of hydrogen-bond acceptors (Lipinski definition) is 2. The monoisotopic (exact) mass is 483 g/mol. The Kier molecular flexibility index (Phi) is 7.91. The van der Waals surface area contributed by atoms with Crippen LogP contribution < -0.4 is 0 Å². The van der Waals surface area contributed by atoms with Crippen molar-refractivity contribution in [2.45, 2.75) is 57.8 Å². The number of likely N-dealkylation sites (tertiary alicyclic amines) is 2. The van der Waals surface area contributed by atoms with Crippen molar-refractivity contribution in [3.63, 3.8) is 0 Å². The molecule has 2 aliphatic rings. The highest BCUT2D eigenvalue weighted by atomic mass is 16.2. The molecule has 0 saturated carbocycles. The van der Waals surface area contributed by atoms with Crippen LogP contribution in [-0.2, 0) is 4.79 Å². The Bertz CT molecular complexity index is 1160. The Morgan fingerprint density at radius 3 is 2.42 bits per heavy atom. The minimum absolute atomic E-state index is 0.153. The van der Waals surface area contributed by atoms with Gasteiger partial charge in [0.15, 0.2) is 0 Å². The number of nitrogens with one attached hydrogen (secondary N) is 1. The Hall–Kier alpha value is -2.85. The van der Waals surface area contributed by atoms with Gasteiger partial charge in [0.25, 0.3) is 0 Å². The molecule has 2 aromatic carbocycles. The van der Waals surface area contributed by atoms with E-state index in [1.54, 1.807) is 6.08 Å². The summed E-state index contributed by atoms with van der Waals surface area (Å²) in [6, 6.07) is 17.2. The highest BCUT2D eigenvalue weighted by molar-refractivity contribution is 5.91. The predicted molar refractivity (Wildman–Crippen MR) is 150 cm³/mol. The molecule has 0 bridgehead atoms. The van der Waals surface area contributed by atoms with Crippen molar-refractivity contribution >= 4 is 22.9 Å². The Balaban J connectivity index is 1.02. The summed E-state index contributed by atoms with van der Waals surface area (Å²) in [4.78, 5) is 20.8. The van der Waals surface area contributed by atoms with E-state index in [4.69, 9.17) is 0 Å². The standard InChI is InChI=1S/C32H41N3O/c1-24(2)27-10-7-25(8-11-27)9-12-32(36)35-21-14-26(15-22-35)13-18-34-19-16-28(17-20-34)30-23-33-31-6-4-3-5-29(30)31/h3-12,23-24,26,28,33H,13-22H2,1-2H3/b12-9+. The zero-order chi connectivity index (χ0) is 24.9. The number of benzene rings is 2. The quantitative estimate of drug-likeness (QED) is 0.375. The van der Waals surface area contributed by atoms with Gasteiger partial charge in [0, 0.05) is 36.3 Å². The third kappa shape index (κ3) is 5.92. The molecule has 0 spiro atoms. The summed E-state index contributed by atoms with van der Waals surface area (Å²) >= 11 is 0. The number of aromatic amines is 1. The number of hydrogen-bond donors (Lipinski definition) is 1. The number of fused-ring (bicyclic) bond motifs is 1. The summed E-state index contributed by atoms with van der Waals surface area (Å²) in [5.74, 6) is 2.10. The van der Waals surface area contributed by atoms with Crippen molar-refractivity contribution < 1.29 is 4.79 Å². The molecule has 2 fully saturated rings. The first-order valence-electron chi connectivity index (χ1n) is 13.9. The molecule has 36 heavy (non-hydrogen) atoms. The summed E-state index contributed by atoms with van der Waals surface area (Å²) in [5, 5.41) is 1.40. The molecule has 2 aliphatic heterocycles. The Labute approximate surface area is 216 Å². The fraction of sp³-hybridized carbons (Fsp3) is 0.469. The van der Waals surface area contributed by atoms with E-state index in [0.29, 0.717) is 11.8 Å². The average molecular weight is 484 g/mol. The second-order valence-corrected chi connectivity index (χ2v) is 11.1. The van der Waals surface area contributed by atoms with Crippen molar-refractivity contribution in [2.24, 2.45) is 5.92 Å². The van der Waals surface area contributed by atoms with E-state index in [2.05, 4.69) is 78.5 Å². The van der Waals surface area contributed by atoms with Gasteiger partial charge in [-0.25, -0.2) is 0 Å². The second kappa shape index (κ2) is 11.5. The molecular formula is C32H41N3O. The van der Waals surface area contributed by atoms with Gasteiger partial charge in [-0.2, -0.15) is 0 Å². The fourth-order valence-corrected chi connectivity index (χ4v) is 5.97. The molecule has 3 aromatic rings. The number of para-hydroxylation sites is 1. The van der Waals surface area contributed by atoms with Crippen LogP contribution in [0.15, 0.2) is 60.8 Å². The van der Waals surface area contributed by atoms with Crippen LogP contribution in [0.3, 0.4) is 0 Å². The Morgan fingerprint density at radius 1 is 0.972 bits per heavy atom. The van der Waals surface area contributed by atoms with Crippen LogP contribution in [0, 0.1) is 5.92 Å². The highest BCUT2D eigenvalue weighted by Gasteiger charge is 2.25. The van der Waals surface area contributed by atoms with E-state index in [-0.39, 0.29) is 5.91 Å². The summed E-state index contributed by atoms with van der Waals surface area (Å²) in [6.45, 7) is 9.78. The van der Waals surface area contributed by atoms with Gasteiger partial charge in [-0.3, -0.25) is 4.79 Å². The summed E-state index contributed by atoms with van der Waals surface area (Å²) in [5.41, 5.74) is 5.19. The van der Waals surface area contributed by atoms with Gasteiger partial charge in [0.05, 0.1) is 0 Å². The highest BCUT2D eigenvalue weighted by Crippen LogP contribution is 2.33. The molecule has 1 aromatic heterocycles. The molecule has 0 aliphatic carbocycles. The van der Waals surface area contributed by atoms with Crippen molar-refractivity contribution in [1.29, 1.82) is 0 Å². The molecule has 5 rings (SSSR count). The number of carbonyl (C=O) groups excluding carboxylic acids is 1. The normalized spacial score (nSPS) is 18.6. The molecule has 4 nitrogen and oxygen atoms in total. The van der Waals surface area contributed by atoms with Crippen LogP contribution in [0.4, 0.5) is 0 Å². The topological polar surface area (TPSA) is 39.3 Å². The lowest BCUT2D eigenvalue weighted by Gasteiger charge is -2.35. The van der Waals surface area contributed by atoms with Gasteiger partial charge in [-0.15, -0.1) is 0 Å². The molecular weight excluding hydrogens is 442 g/mol. The summed E-state index contributed by atoms with van der Waals surface area (Å²) in [6.07, 6.45) is 12.0. The van der Waals surface area contributed by atoms with E-state index >= 15 is 0 Å². The third-order valence-electron chi connectivity index (χ3n) is 8.45. The first-order chi connectivity index (χ1) is 17.6. The SMILES string of the molecule is CC(C)c1ccc(/C=C/C(=O)N2CCC(CCN3CCC(c4c[nH]c5ccccc45)CC3)CC2)cc1. The minimum Gasteiger partial charge on any atom is -0.361 e. The van der Waals surface area contributed by atoms with E-state index in [1.807, 2.05) is 11.0 Å². The van der Waals surface area contributed by atoms with Crippen LogP contribution in [0.2, 0.25) is 0 Å². The van der Waals surface area contributed by atoms with E-state index < -0.39 is 0 Å². The predicted octanol–water partition coefficient (Wildman–Crippen LogP) is 6.81. The van der Waals surface area contributed by atoms with Crippen LogP contribution in [0.5, 0.6) is 0 Å². The van der Waals surface area contributed by atoms with Crippen LogP contribution in [0.25, 0.3) is 17.0 Å². The summed E-state index contributed by atoms with van der Waals surface area (Å²) < 4.78 is 0. The van der Waals surface area contributed by atoms with Gasteiger partial charge < -0.3 is 14.8 Å². The molecule has 1 amide bonds. The number of aromatic nitrogens is 1. The maximum atomic E-state index is 12.7. The minimum atomic E-state index is 0.153. The number of amides is 1. The molecule has 0 radical (unpaired) electrons. The van der Waals surface area contributed by atoms with Gasteiger partial charge in [0.2, 0.25) is 5.91 Å². The van der Waals surface area contributed by atoms with Crippen LogP contribution in [-0.4, -0.2) is 53.4 Å². The van der Waals surface area contributed by atoms with Crippen LogP contribution >= 0.6 is 0 Å². The molecule has 0 atom stereocenters. The lowest BCUT2D eigenvalue weighted by molar-refractivity contribution is -0.127. The lowest BCUT2D eigenvalue weighted by Crippen LogP contribution is -2.39.